The van der Waals surface area contributed by atoms with Crippen LogP contribution in [0.2, 0.25) is 0 Å². The van der Waals surface area contributed by atoms with Crippen LogP contribution in [0.3, 0.4) is 0 Å². The van der Waals surface area contributed by atoms with Crippen LogP contribution < -0.4 is 10.1 Å². The molecule has 2 amide bonds. The first-order valence-electron chi connectivity index (χ1n) is 9.84. The highest BCUT2D eigenvalue weighted by Gasteiger charge is 2.35. The Hall–Kier alpha value is -2.83. The maximum absolute atomic E-state index is 12.2. The average molecular weight is 383 g/mol. The van der Waals surface area contributed by atoms with Crippen molar-refractivity contribution in [1.82, 2.24) is 15.4 Å². The largest absolute Gasteiger partial charge is 0.490 e. The van der Waals surface area contributed by atoms with Crippen molar-refractivity contribution >= 4 is 11.8 Å². The molecule has 2 heterocycles. The molecule has 0 atom stereocenters. The summed E-state index contributed by atoms with van der Waals surface area (Å²) in [4.78, 5) is 26.3. The molecule has 1 aliphatic carbocycles. The van der Waals surface area contributed by atoms with E-state index in [0.29, 0.717) is 23.8 Å². The van der Waals surface area contributed by atoms with Crippen LogP contribution in [0.25, 0.3) is 0 Å². The number of aromatic nitrogens is 1. The van der Waals surface area contributed by atoms with Crippen molar-refractivity contribution < 1.29 is 18.8 Å². The van der Waals surface area contributed by atoms with E-state index in [9.17, 15) is 9.59 Å². The van der Waals surface area contributed by atoms with Crippen LogP contribution in [-0.2, 0) is 11.3 Å². The highest BCUT2D eigenvalue weighted by molar-refractivity contribution is 5.94. The van der Waals surface area contributed by atoms with Gasteiger partial charge in [0.1, 0.15) is 11.9 Å². The summed E-state index contributed by atoms with van der Waals surface area (Å²) in [5, 5.41) is 6.60. The fourth-order valence-electron chi connectivity index (χ4n) is 3.43. The lowest BCUT2D eigenvalue weighted by Gasteiger charge is -2.32. The van der Waals surface area contributed by atoms with Crippen molar-refractivity contribution in [3.8, 4) is 5.75 Å². The van der Waals surface area contributed by atoms with Crippen LogP contribution in [0.5, 0.6) is 5.75 Å². The number of benzene rings is 1. The second-order valence-corrected chi connectivity index (χ2v) is 7.56. The van der Waals surface area contributed by atoms with Gasteiger partial charge in [-0.25, -0.2) is 0 Å². The van der Waals surface area contributed by atoms with Gasteiger partial charge in [0, 0.05) is 43.5 Å². The monoisotopic (exact) mass is 383 g/mol. The molecule has 148 valence electrons. The van der Waals surface area contributed by atoms with Crippen molar-refractivity contribution in [2.24, 2.45) is 5.92 Å². The molecule has 0 unspecified atom stereocenters. The summed E-state index contributed by atoms with van der Waals surface area (Å²) in [6, 6.07) is 8.93. The lowest BCUT2D eigenvalue weighted by Crippen LogP contribution is -2.42. The highest BCUT2D eigenvalue weighted by Crippen LogP contribution is 2.32. The zero-order valence-corrected chi connectivity index (χ0v) is 16.0. The molecular formula is C21H25N3O4. The summed E-state index contributed by atoms with van der Waals surface area (Å²) in [5.74, 6) is 1.79. The van der Waals surface area contributed by atoms with E-state index in [-0.39, 0.29) is 17.9 Å². The van der Waals surface area contributed by atoms with Crippen LogP contribution in [-0.4, -0.2) is 41.1 Å². The summed E-state index contributed by atoms with van der Waals surface area (Å²) in [7, 11) is 0. The summed E-state index contributed by atoms with van der Waals surface area (Å²) >= 11 is 0. The second kappa shape index (κ2) is 8.04. The molecule has 2 fully saturated rings. The number of piperidine rings is 1. The quantitative estimate of drug-likeness (QED) is 0.829. The van der Waals surface area contributed by atoms with Crippen molar-refractivity contribution in [3.63, 3.8) is 0 Å². The Morgan fingerprint density at radius 2 is 1.89 bits per heavy atom. The lowest BCUT2D eigenvalue weighted by atomic mass is 10.1. The topological polar surface area (TPSA) is 84.7 Å². The van der Waals surface area contributed by atoms with Crippen molar-refractivity contribution in [1.29, 1.82) is 0 Å². The smallest absolute Gasteiger partial charge is 0.251 e. The molecule has 7 nitrogen and oxygen atoms in total. The van der Waals surface area contributed by atoms with Crippen molar-refractivity contribution in [2.75, 3.05) is 13.1 Å². The molecule has 1 saturated heterocycles. The first kappa shape index (κ1) is 18.5. The van der Waals surface area contributed by atoms with Gasteiger partial charge in [0.2, 0.25) is 5.91 Å². The van der Waals surface area contributed by atoms with Gasteiger partial charge in [0.15, 0.2) is 5.76 Å². The highest BCUT2D eigenvalue weighted by atomic mass is 16.5. The summed E-state index contributed by atoms with van der Waals surface area (Å²) in [6.45, 7) is 3.67. The van der Waals surface area contributed by atoms with E-state index in [1.807, 2.05) is 24.0 Å². The molecule has 1 N–H and O–H groups in total. The standard InChI is InChI=1S/C21H25N3O4/c1-14-12-19(28-23-14)13-22-20(25)15-4-6-17(7-5-15)27-18-8-10-24(11-9-18)21(26)16-2-3-16/h4-7,12,16,18H,2-3,8-11,13H2,1H3,(H,22,25). The number of rotatable bonds is 6. The van der Waals surface area contributed by atoms with Crippen molar-refractivity contribution in [3.05, 3.63) is 47.3 Å². The zero-order chi connectivity index (χ0) is 19.5. The van der Waals surface area contributed by atoms with Gasteiger partial charge >= 0.3 is 0 Å². The molecule has 4 rings (SSSR count). The number of carbonyl (C=O) groups is 2. The first-order valence-corrected chi connectivity index (χ1v) is 9.84. The number of likely N-dealkylation sites (tertiary alicyclic amines) is 1. The third kappa shape index (κ3) is 4.52. The first-order chi connectivity index (χ1) is 13.6. The maximum atomic E-state index is 12.2. The Balaban J connectivity index is 1.24. The minimum atomic E-state index is -0.174. The second-order valence-electron chi connectivity index (χ2n) is 7.56. The van der Waals surface area contributed by atoms with E-state index in [4.69, 9.17) is 9.26 Å². The Morgan fingerprint density at radius 3 is 2.50 bits per heavy atom. The molecule has 2 aromatic rings. The van der Waals surface area contributed by atoms with Crippen LogP contribution >= 0.6 is 0 Å². The number of hydrogen-bond acceptors (Lipinski definition) is 5. The molecule has 7 heteroatoms. The van der Waals surface area contributed by atoms with Crippen molar-refractivity contribution in [2.45, 2.75) is 45.3 Å². The minimum Gasteiger partial charge on any atom is -0.490 e. The predicted molar refractivity (Wildman–Crippen MR) is 102 cm³/mol. The molecule has 0 spiro atoms. The van der Waals surface area contributed by atoms with Crippen LogP contribution in [0.15, 0.2) is 34.9 Å². The van der Waals surface area contributed by atoms with Gasteiger partial charge in [-0.15, -0.1) is 0 Å². The zero-order valence-electron chi connectivity index (χ0n) is 16.0. The van der Waals surface area contributed by atoms with Gasteiger partial charge in [-0.1, -0.05) is 5.16 Å². The van der Waals surface area contributed by atoms with E-state index in [2.05, 4.69) is 10.5 Å². The molecule has 1 aromatic carbocycles. The van der Waals surface area contributed by atoms with Crippen LogP contribution in [0.4, 0.5) is 0 Å². The molecule has 1 aliphatic heterocycles. The van der Waals surface area contributed by atoms with E-state index < -0.39 is 0 Å². The predicted octanol–water partition coefficient (Wildman–Crippen LogP) is 2.69. The number of hydrogen-bond donors (Lipinski definition) is 1. The van der Waals surface area contributed by atoms with E-state index >= 15 is 0 Å². The molecule has 0 bridgehead atoms. The molecule has 2 aliphatic rings. The van der Waals surface area contributed by atoms with Gasteiger partial charge in [0.25, 0.3) is 5.91 Å². The molecule has 1 saturated carbocycles. The van der Waals surface area contributed by atoms with Gasteiger partial charge in [-0.2, -0.15) is 0 Å². The molecule has 1 aromatic heterocycles. The van der Waals surface area contributed by atoms with Crippen LogP contribution in [0.1, 0.15) is 47.5 Å². The molecular weight excluding hydrogens is 358 g/mol. The van der Waals surface area contributed by atoms with E-state index in [1.165, 1.54) is 0 Å². The Kier molecular flexibility index (Phi) is 5.32. The number of aryl methyl sites for hydroxylation is 1. The number of amides is 2. The van der Waals surface area contributed by atoms with E-state index in [0.717, 1.165) is 50.2 Å². The Bertz CT molecular complexity index is 834. The van der Waals surface area contributed by atoms with Gasteiger partial charge in [0.05, 0.1) is 12.2 Å². The number of nitrogens with zero attached hydrogens (tertiary/aromatic N) is 2. The molecule has 0 radical (unpaired) electrons. The fraction of sp³-hybridized carbons (Fsp3) is 0.476. The maximum Gasteiger partial charge on any atom is 0.251 e. The minimum absolute atomic E-state index is 0.109. The molecule has 28 heavy (non-hydrogen) atoms. The normalized spacial score (nSPS) is 17.4. The number of ether oxygens (including phenoxy) is 1. The Morgan fingerprint density at radius 1 is 1.18 bits per heavy atom. The summed E-state index contributed by atoms with van der Waals surface area (Å²) in [6.07, 6.45) is 3.90. The average Bonchev–Trinajstić information content (AvgIpc) is 3.48. The number of nitrogens with one attached hydrogen (secondary N) is 1. The van der Waals surface area contributed by atoms with Gasteiger partial charge < -0.3 is 19.5 Å². The number of carbonyl (C=O) groups excluding carboxylic acids is 2. The SMILES string of the molecule is Cc1cc(CNC(=O)c2ccc(OC3CCN(C(=O)C4CC4)CC3)cc2)on1. The van der Waals surface area contributed by atoms with Gasteiger partial charge in [-0.3, -0.25) is 9.59 Å². The third-order valence-electron chi connectivity index (χ3n) is 5.20. The third-order valence-corrected chi connectivity index (χ3v) is 5.20. The summed E-state index contributed by atoms with van der Waals surface area (Å²) < 4.78 is 11.1. The summed E-state index contributed by atoms with van der Waals surface area (Å²) in [5.41, 5.74) is 1.35. The lowest BCUT2D eigenvalue weighted by molar-refractivity contribution is -0.134. The van der Waals surface area contributed by atoms with Crippen LogP contribution in [0, 0.1) is 12.8 Å². The van der Waals surface area contributed by atoms with Gasteiger partial charge in [-0.05, 0) is 44.0 Å². The van der Waals surface area contributed by atoms with E-state index in [1.54, 1.807) is 18.2 Å². The Labute approximate surface area is 164 Å². The fourth-order valence-corrected chi connectivity index (χ4v) is 3.43.